The lowest BCUT2D eigenvalue weighted by atomic mass is 10.1. The number of aromatic amines is 1. The van der Waals surface area contributed by atoms with Gasteiger partial charge in [0, 0.05) is 22.9 Å². The molecule has 5 nitrogen and oxygen atoms in total. The molecule has 2 aromatic heterocycles. The molecule has 0 saturated carbocycles. The predicted octanol–water partition coefficient (Wildman–Crippen LogP) is 3.96. The van der Waals surface area contributed by atoms with Crippen LogP contribution in [0.25, 0.3) is 23.4 Å². The highest BCUT2D eigenvalue weighted by molar-refractivity contribution is 5.75. The molecule has 0 unspecified atom stereocenters. The Labute approximate surface area is 155 Å². The van der Waals surface area contributed by atoms with Gasteiger partial charge in [-0.3, -0.25) is 4.68 Å². The van der Waals surface area contributed by atoms with Crippen LogP contribution in [0.15, 0.2) is 36.7 Å². The van der Waals surface area contributed by atoms with Crippen LogP contribution >= 0.6 is 0 Å². The molecule has 0 atom stereocenters. The highest BCUT2D eigenvalue weighted by Crippen LogP contribution is 2.29. The molecule has 0 spiro atoms. The first-order chi connectivity index (χ1) is 13.1. The van der Waals surface area contributed by atoms with Gasteiger partial charge in [-0.05, 0) is 56.3 Å². The number of nitrogens with zero attached hydrogens (tertiary/aromatic N) is 2. The molecule has 7 heteroatoms. The van der Waals surface area contributed by atoms with E-state index in [9.17, 15) is 13.9 Å². The fourth-order valence-electron chi connectivity index (χ4n) is 3.31. The Balaban J connectivity index is 1.55. The van der Waals surface area contributed by atoms with Crippen molar-refractivity contribution in [1.82, 2.24) is 20.1 Å². The summed E-state index contributed by atoms with van der Waals surface area (Å²) in [6, 6.07) is 5.39. The summed E-state index contributed by atoms with van der Waals surface area (Å²) in [6.07, 6.45) is 8.76. The molecule has 140 valence electrons. The Morgan fingerprint density at radius 3 is 2.70 bits per heavy atom. The highest BCUT2D eigenvalue weighted by atomic mass is 19.1. The van der Waals surface area contributed by atoms with Gasteiger partial charge in [0.25, 0.3) is 0 Å². The van der Waals surface area contributed by atoms with Crippen molar-refractivity contribution in [2.24, 2.45) is 0 Å². The first-order valence-corrected chi connectivity index (χ1v) is 8.90. The van der Waals surface area contributed by atoms with Crippen LogP contribution in [-0.2, 0) is 0 Å². The summed E-state index contributed by atoms with van der Waals surface area (Å²) < 4.78 is 28.9. The second-order valence-corrected chi connectivity index (χ2v) is 6.68. The fourth-order valence-corrected chi connectivity index (χ4v) is 3.31. The van der Waals surface area contributed by atoms with Crippen LogP contribution in [0.4, 0.5) is 8.78 Å². The number of aromatic hydroxyl groups is 1. The first kappa shape index (κ1) is 17.5. The van der Waals surface area contributed by atoms with Crippen molar-refractivity contribution in [2.45, 2.75) is 18.9 Å². The van der Waals surface area contributed by atoms with Crippen molar-refractivity contribution in [3.8, 4) is 17.1 Å². The van der Waals surface area contributed by atoms with E-state index in [4.69, 9.17) is 0 Å². The number of hydrogen-bond donors (Lipinski definition) is 3. The number of H-pyrrole nitrogens is 1. The minimum Gasteiger partial charge on any atom is -0.494 e. The molecule has 1 aliphatic heterocycles. The SMILES string of the molecule is Oc1[nH]c(-c2cnn(C3CCNCC3)c2)cc1/C=C/c1cc(F)ccc1F. The fraction of sp³-hybridized carbons (Fsp3) is 0.250. The average Bonchev–Trinajstić information content (AvgIpc) is 3.30. The number of benzene rings is 1. The van der Waals surface area contributed by atoms with Crippen LogP contribution in [0.2, 0.25) is 0 Å². The Morgan fingerprint density at radius 1 is 1.11 bits per heavy atom. The molecule has 0 amide bonds. The third-order valence-corrected chi connectivity index (χ3v) is 4.82. The molecule has 1 aromatic carbocycles. The van der Waals surface area contributed by atoms with E-state index in [-0.39, 0.29) is 11.4 Å². The molecule has 27 heavy (non-hydrogen) atoms. The number of nitrogens with one attached hydrogen (secondary N) is 2. The third-order valence-electron chi connectivity index (χ3n) is 4.82. The number of halogens is 2. The van der Waals surface area contributed by atoms with Crippen molar-refractivity contribution in [3.05, 3.63) is 59.4 Å². The van der Waals surface area contributed by atoms with Crippen LogP contribution in [0.1, 0.15) is 30.0 Å². The van der Waals surface area contributed by atoms with Crippen LogP contribution in [0.5, 0.6) is 5.88 Å². The Bertz CT molecular complexity index is 970. The molecule has 3 N–H and O–H groups in total. The second-order valence-electron chi connectivity index (χ2n) is 6.68. The smallest absolute Gasteiger partial charge is 0.196 e. The quantitative estimate of drug-likeness (QED) is 0.651. The van der Waals surface area contributed by atoms with E-state index in [1.54, 1.807) is 18.3 Å². The molecule has 0 aliphatic carbocycles. The van der Waals surface area contributed by atoms with Crippen molar-refractivity contribution >= 4 is 12.2 Å². The first-order valence-electron chi connectivity index (χ1n) is 8.90. The Morgan fingerprint density at radius 2 is 1.89 bits per heavy atom. The third kappa shape index (κ3) is 3.78. The van der Waals surface area contributed by atoms with Gasteiger partial charge in [0.05, 0.1) is 17.9 Å². The number of aromatic nitrogens is 3. The number of piperidine rings is 1. The standard InChI is InChI=1S/C20H20F2N4O/c21-16-3-4-18(22)13(9-16)1-2-14-10-19(25-20(14)27)15-11-24-26(12-15)17-5-7-23-8-6-17/h1-4,9-12,17,23,25,27H,5-8H2/b2-1+. The van der Waals surface area contributed by atoms with Crippen LogP contribution < -0.4 is 5.32 Å². The molecule has 3 heterocycles. The van der Waals surface area contributed by atoms with Crippen molar-refractivity contribution in [3.63, 3.8) is 0 Å². The van der Waals surface area contributed by atoms with Crippen LogP contribution in [0, 0.1) is 11.6 Å². The van der Waals surface area contributed by atoms with Crippen molar-refractivity contribution in [2.75, 3.05) is 13.1 Å². The zero-order valence-corrected chi connectivity index (χ0v) is 14.6. The summed E-state index contributed by atoms with van der Waals surface area (Å²) in [6.45, 7) is 1.96. The molecule has 3 aromatic rings. The number of hydrogen-bond acceptors (Lipinski definition) is 3. The maximum Gasteiger partial charge on any atom is 0.196 e. The summed E-state index contributed by atoms with van der Waals surface area (Å²) in [5.74, 6) is -1.07. The molecular weight excluding hydrogens is 350 g/mol. The van der Waals surface area contributed by atoms with Gasteiger partial charge >= 0.3 is 0 Å². The van der Waals surface area contributed by atoms with Gasteiger partial charge in [-0.1, -0.05) is 6.08 Å². The monoisotopic (exact) mass is 370 g/mol. The van der Waals surface area contributed by atoms with E-state index < -0.39 is 11.6 Å². The Kier molecular flexibility index (Phi) is 4.77. The molecule has 1 fully saturated rings. The van der Waals surface area contributed by atoms with Gasteiger partial charge < -0.3 is 15.4 Å². The molecule has 1 aliphatic rings. The van der Waals surface area contributed by atoms with E-state index in [0.29, 0.717) is 17.3 Å². The summed E-state index contributed by atoms with van der Waals surface area (Å²) >= 11 is 0. The molecule has 0 radical (unpaired) electrons. The van der Waals surface area contributed by atoms with Crippen molar-refractivity contribution < 1.29 is 13.9 Å². The highest BCUT2D eigenvalue weighted by Gasteiger charge is 2.17. The minimum atomic E-state index is -0.522. The Hall–Kier alpha value is -2.93. The topological polar surface area (TPSA) is 65.9 Å². The van der Waals surface area contributed by atoms with Crippen LogP contribution in [0.3, 0.4) is 0 Å². The van der Waals surface area contributed by atoms with Gasteiger partial charge in [-0.2, -0.15) is 5.10 Å². The molecule has 0 bridgehead atoms. The van der Waals surface area contributed by atoms with Crippen molar-refractivity contribution in [1.29, 1.82) is 0 Å². The summed E-state index contributed by atoms with van der Waals surface area (Å²) in [7, 11) is 0. The van der Waals surface area contributed by atoms with Gasteiger partial charge in [0.15, 0.2) is 5.88 Å². The maximum absolute atomic E-state index is 13.7. The van der Waals surface area contributed by atoms with E-state index in [0.717, 1.165) is 49.7 Å². The molecule has 4 rings (SSSR count). The van der Waals surface area contributed by atoms with E-state index in [1.807, 2.05) is 10.9 Å². The normalized spacial score (nSPS) is 15.6. The van der Waals surface area contributed by atoms with Gasteiger partial charge in [-0.15, -0.1) is 0 Å². The largest absolute Gasteiger partial charge is 0.494 e. The lowest BCUT2D eigenvalue weighted by Crippen LogP contribution is -2.29. The van der Waals surface area contributed by atoms with E-state index in [1.165, 1.54) is 6.08 Å². The minimum absolute atomic E-state index is 0.0346. The summed E-state index contributed by atoms with van der Waals surface area (Å²) in [5.41, 5.74) is 2.19. The number of rotatable bonds is 4. The van der Waals surface area contributed by atoms with Crippen LogP contribution in [-0.4, -0.2) is 33.0 Å². The summed E-state index contributed by atoms with van der Waals surface area (Å²) in [4.78, 5) is 2.91. The van der Waals surface area contributed by atoms with Gasteiger partial charge in [0.2, 0.25) is 0 Å². The zero-order valence-electron chi connectivity index (χ0n) is 14.6. The zero-order chi connectivity index (χ0) is 18.8. The van der Waals surface area contributed by atoms with Gasteiger partial charge in [-0.25, -0.2) is 8.78 Å². The lowest BCUT2D eigenvalue weighted by molar-refractivity contribution is 0.343. The van der Waals surface area contributed by atoms with E-state index >= 15 is 0 Å². The molecule has 1 saturated heterocycles. The maximum atomic E-state index is 13.7. The summed E-state index contributed by atoms with van der Waals surface area (Å²) in [5, 5.41) is 17.9. The molecular formula is C20H20F2N4O. The van der Waals surface area contributed by atoms with E-state index in [2.05, 4.69) is 15.4 Å². The average molecular weight is 370 g/mol. The van der Waals surface area contributed by atoms with Gasteiger partial charge in [0.1, 0.15) is 11.6 Å². The lowest BCUT2D eigenvalue weighted by Gasteiger charge is -2.22. The second kappa shape index (κ2) is 7.36. The predicted molar refractivity (Wildman–Crippen MR) is 100 cm³/mol.